The number of likely N-dealkylation sites (N-methyl/N-ethyl adjacent to an activating group) is 1. The Morgan fingerprint density at radius 3 is 2.29 bits per heavy atom. The predicted molar refractivity (Wildman–Crippen MR) is 24.6 cm³/mol. The average molecular weight is 217 g/mol. The lowest BCUT2D eigenvalue weighted by atomic mass is 10.7. The zero-order valence-electron chi connectivity index (χ0n) is 4.78. The summed E-state index contributed by atoms with van der Waals surface area (Å²) in [5, 5.41) is 2.09. The fourth-order valence-electron chi connectivity index (χ4n) is 0.236. The first kappa shape index (κ1) is 10.6. The lowest BCUT2D eigenvalue weighted by molar-refractivity contribution is -0.628. The molecule has 0 saturated heterocycles. The van der Waals surface area contributed by atoms with Crippen molar-refractivity contribution < 1.29 is 34.0 Å². The summed E-state index contributed by atoms with van der Waals surface area (Å²) in [7, 11) is 3.74. The van der Waals surface area contributed by atoms with Crippen molar-refractivity contribution in [3.63, 3.8) is 0 Å². The standard InChI is InChI=1S/C4H11NO.HI/c1-5-3-4-6-2;/h5H,3-4H2,1-2H3;1H. The maximum Gasteiger partial charge on any atom is 0.0990 e. The van der Waals surface area contributed by atoms with Crippen LogP contribution in [0.5, 0.6) is 0 Å². The van der Waals surface area contributed by atoms with E-state index in [0.29, 0.717) is 0 Å². The van der Waals surface area contributed by atoms with Crippen LogP contribution in [-0.4, -0.2) is 27.3 Å². The summed E-state index contributed by atoms with van der Waals surface area (Å²) >= 11 is 0. The minimum Gasteiger partial charge on any atom is -1.00 e. The molecule has 3 heteroatoms. The molecule has 0 radical (unpaired) electrons. The molecular weight excluding hydrogens is 205 g/mol. The number of quaternary nitrogens is 1. The molecule has 0 fully saturated rings. The van der Waals surface area contributed by atoms with Crippen LogP contribution in [-0.2, 0) is 4.74 Å². The van der Waals surface area contributed by atoms with E-state index in [2.05, 4.69) is 5.32 Å². The molecular formula is C4H12INO. The number of ether oxygens (including phenoxy) is 1. The Kier molecular flexibility index (Phi) is 14.9. The van der Waals surface area contributed by atoms with Crippen LogP contribution in [0.4, 0.5) is 0 Å². The third-order valence-corrected chi connectivity index (χ3v) is 0.611. The highest BCUT2D eigenvalue weighted by Gasteiger charge is 1.75. The molecule has 0 spiro atoms. The van der Waals surface area contributed by atoms with Crippen molar-refractivity contribution in [3.8, 4) is 0 Å². The average Bonchev–Trinajstić information content (AvgIpc) is 1.61. The van der Waals surface area contributed by atoms with E-state index >= 15 is 0 Å². The zero-order valence-corrected chi connectivity index (χ0v) is 6.94. The van der Waals surface area contributed by atoms with E-state index in [1.165, 1.54) is 0 Å². The van der Waals surface area contributed by atoms with Crippen molar-refractivity contribution in [3.05, 3.63) is 0 Å². The van der Waals surface area contributed by atoms with E-state index in [1.807, 2.05) is 7.05 Å². The molecule has 0 saturated carbocycles. The third kappa shape index (κ3) is 10.8. The van der Waals surface area contributed by atoms with Crippen LogP contribution < -0.4 is 29.3 Å². The van der Waals surface area contributed by atoms with E-state index < -0.39 is 0 Å². The second-order valence-electron chi connectivity index (χ2n) is 1.19. The highest BCUT2D eigenvalue weighted by molar-refractivity contribution is 4.12. The number of hydrogen-bond donors (Lipinski definition) is 1. The highest BCUT2D eigenvalue weighted by atomic mass is 127. The maximum absolute atomic E-state index is 4.75. The summed E-state index contributed by atoms with van der Waals surface area (Å²) in [6.07, 6.45) is 0. The second-order valence-corrected chi connectivity index (χ2v) is 1.19. The first-order chi connectivity index (χ1) is 2.91. The normalized spacial score (nSPS) is 7.71. The van der Waals surface area contributed by atoms with Crippen molar-refractivity contribution in [2.24, 2.45) is 0 Å². The summed E-state index contributed by atoms with van der Waals surface area (Å²) in [5.41, 5.74) is 0. The number of halogens is 1. The van der Waals surface area contributed by atoms with Crippen LogP contribution in [0, 0.1) is 0 Å². The summed E-state index contributed by atoms with van der Waals surface area (Å²) in [5.74, 6) is 0. The summed E-state index contributed by atoms with van der Waals surface area (Å²) < 4.78 is 4.75. The number of rotatable bonds is 3. The lowest BCUT2D eigenvalue weighted by Crippen LogP contribution is -3.00. The van der Waals surface area contributed by atoms with Gasteiger partial charge in [-0.25, -0.2) is 0 Å². The van der Waals surface area contributed by atoms with Gasteiger partial charge in [-0.15, -0.1) is 0 Å². The molecule has 7 heavy (non-hydrogen) atoms. The molecule has 0 aliphatic carbocycles. The fraction of sp³-hybridized carbons (Fsp3) is 1.00. The summed E-state index contributed by atoms with van der Waals surface area (Å²) in [6.45, 7) is 1.92. The molecule has 0 amide bonds. The van der Waals surface area contributed by atoms with Crippen LogP contribution in [0.25, 0.3) is 0 Å². The summed E-state index contributed by atoms with van der Waals surface area (Å²) in [4.78, 5) is 0. The van der Waals surface area contributed by atoms with E-state index in [1.54, 1.807) is 7.11 Å². The Morgan fingerprint density at radius 1 is 1.57 bits per heavy atom. The van der Waals surface area contributed by atoms with Gasteiger partial charge in [0, 0.05) is 7.11 Å². The molecule has 0 aromatic carbocycles. The van der Waals surface area contributed by atoms with E-state index in [-0.39, 0.29) is 24.0 Å². The Hall–Kier alpha value is 0.650. The van der Waals surface area contributed by atoms with Crippen molar-refractivity contribution >= 4 is 0 Å². The molecule has 2 N–H and O–H groups in total. The van der Waals surface area contributed by atoms with Gasteiger partial charge in [-0.3, -0.25) is 0 Å². The molecule has 0 heterocycles. The first-order valence-electron chi connectivity index (χ1n) is 2.18. The van der Waals surface area contributed by atoms with Crippen LogP contribution in [0.1, 0.15) is 0 Å². The van der Waals surface area contributed by atoms with E-state index in [9.17, 15) is 0 Å². The van der Waals surface area contributed by atoms with E-state index in [4.69, 9.17) is 4.74 Å². The lowest BCUT2D eigenvalue weighted by Gasteiger charge is -1.89. The Morgan fingerprint density at radius 2 is 2.14 bits per heavy atom. The van der Waals surface area contributed by atoms with Gasteiger partial charge in [0.1, 0.15) is 0 Å². The quantitative estimate of drug-likeness (QED) is 0.377. The van der Waals surface area contributed by atoms with Crippen molar-refractivity contribution in [2.45, 2.75) is 0 Å². The summed E-state index contributed by atoms with van der Waals surface area (Å²) in [6, 6.07) is 0. The van der Waals surface area contributed by atoms with Gasteiger partial charge < -0.3 is 34.0 Å². The second kappa shape index (κ2) is 9.82. The monoisotopic (exact) mass is 217 g/mol. The Labute approximate surface area is 61.6 Å². The Bertz CT molecular complexity index is 23.7. The van der Waals surface area contributed by atoms with Gasteiger partial charge in [0.2, 0.25) is 0 Å². The fourth-order valence-corrected chi connectivity index (χ4v) is 0.236. The van der Waals surface area contributed by atoms with Crippen LogP contribution in [0.3, 0.4) is 0 Å². The molecule has 0 bridgehead atoms. The van der Waals surface area contributed by atoms with Crippen molar-refractivity contribution in [1.29, 1.82) is 0 Å². The van der Waals surface area contributed by atoms with Crippen LogP contribution >= 0.6 is 0 Å². The first-order valence-corrected chi connectivity index (χ1v) is 2.18. The van der Waals surface area contributed by atoms with Gasteiger partial charge >= 0.3 is 0 Å². The van der Waals surface area contributed by atoms with Gasteiger partial charge in [0.25, 0.3) is 0 Å². The molecule has 0 aliphatic heterocycles. The van der Waals surface area contributed by atoms with Gasteiger partial charge in [0.05, 0.1) is 20.2 Å². The molecule has 2 nitrogen and oxygen atoms in total. The van der Waals surface area contributed by atoms with Gasteiger partial charge in [-0.1, -0.05) is 0 Å². The molecule has 46 valence electrons. The Balaban J connectivity index is 0. The minimum atomic E-state index is 0. The highest BCUT2D eigenvalue weighted by Crippen LogP contribution is 1.52. The zero-order chi connectivity index (χ0) is 4.83. The minimum absolute atomic E-state index is 0. The van der Waals surface area contributed by atoms with Crippen LogP contribution in [0.15, 0.2) is 0 Å². The molecule has 0 aliphatic rings. The van der Waals surface area contributed by atoms with Crippen LogP contribution in [0.2, 0.25) is 0 Å². The van der Waals surface area contributed by atoms with Gasteiger partial charge in [-0.05, 0) is 0 Å². The maximum atomic E-state index is 4.75. The molecule has 0 aromatic rings. The molecule has 0 aromatic heterocycles. The molecule has 0 atom stereocenters. The smallest absolute Gasteiger partial charge is 0.0990 e. The predicted octanol–water partition coefficient (Wildman–Crippen LogP) is -4.17. The third-order valence-electron chi connectivity index (χ3n) is 0.611. The van der Waals surface area contributed by atoms with Gasteiger partial charge in [0.15, 0.2) is 0 Å². The SMILES string of the molecule is C[NH2+]CCOC.[I-]. The number of methoxy groups -OCH3 is 1. The molecule has 0 rings (SSSR count). The van der Waals surface area contributed by atoms with Gasteiger partial charge in [-0.2, -0.15) is 0 Å². The topological polar surface area (TPSA) is 25.8 Å². The number of hydrogen-bond acceptors (Lipinski definition) is 1. The number of nitrogens with two attached hydrogens (primary N) is 1. The van der Waals surface area contributed by atoms with Crippen molar-refractivity contribution in [1.82, 2.24) is 0 Å². The van der Waals surface area contributed by atoms with Crippen molar-refractivity contribution in [2.75, 3.05) is 27.3 Å². The molecule has 0 unspecified atom stereocenters. The largest absolute Gasteiger partial charge is 1.00 e. The van der Waals surface area contributed by atoms with E-state index in [0.717, 1.165) is 13.2 Å².